The highest BCUT2D eigenvalue weighted by molar-refractivity contribution is 7.71. The largest absolute Gasteiger partial charge is 0.340 e. The lowest BCUT2D eigenvalue weighted by atomic mass is 10.1. The lowest BCUT2D eigenvalue weighted by Crippen LogP contribution is -2.48. The fourth-order valence-corrected chi connectivity index (χ4v) is 4.69. The third-order valence-corrected chi connectivity index (χ3v) is 6.73. The SMILES string of the molecule is C=C(CN1CCN(C(C)=O)CC1)n1cc(-c2ccccc2NC(=O)c2cnc3ccccc3n2)[nH]c1=S. The van der Waals surface area contributed by atoms with Crippen LogP contribution in [0.15, 0.2) is 67.5 Å². The van der Waals surface area contributed by atoms with E-state index >= 15 is 0 Å². The van der Waals surface area contributed by atoms with Gasteiger partial charge in [-0.1, -0.05) is 36.9 Å². The third kappa shape index (κ3) is 5.35. The number of carbonyl (C=O) groups is 2. The van der Waals surface area contributed by atoms with Crippen LogP contribution in [0.1, 0.15) is 17.4 Å². The van der Waals surface area contributed by atoms with E-state index in [1.807, 2.05) is 64.2 Å². The van der Waals surface area contributed by atoms with Crippen LogP contribution >= 0.6 is 12.2 Å². The van der Waals surface area contributed by atoms with Crippen LogP contribution in [-0.4, -0.2) is 73.9 Å². The van der Waals surface area contributed by atoms with Gasteiger partial charge in [0, 0.05) is 57.1 Å². The van der Waals surface area contributed by atoms with E-state index < -0.39 is 0 Å². The van der Waals surface area contributed by atoms with Gasteiger partial charge < -0.3 is 15.2 Å². The first-order valence-electron chi connectivity index (χ1n) is 12.0. The molecule has 1 saturated heterocycles. The van der Waals surface area contributed by atoms with Gasteiger partial charge in [0.15, 0.2) is 4.77 Å². The summed E-state index contributed by atoms with van der Waals surface area (Å²) in [7, 11) is 0. The van der Waals surface area contributed by atoms with Gasteiger partial charge in [-0.2, -0.15) is 0 Å². The van der Waals surface area contributed by atoms with Gasteiger partial charge in [0.25, 0.3) is 5.91 Å². The van der Waals surface area contributed by atoms with E-state index in [9.17, 15) is 9.59 Å². The number of anilines is 1. The number of H-pyrrole nitrogens is 1. The number of nitrogens with one attached hydrogen (secondary N) is 2. The van der Waals surface area contributed by atoms with Crippen LogP contribution in [0.3, 0.4) is 0 Å². The standard InChI is InChI=1S/C27H27N7O2S/c1-18(16-32-11-13-33(14-12-32)19(2)35)34-17-25(31-27(34)37)20-7-3-4-8-21(20)30-26(36)24-15-28-22-9-5-6-10-23(22)29-24/h3-10,15,17H,1,11-14,16H2,2H3,(H,30,36)(H,31,37). The number of nitrogens with zero attached hydrogens (tertiary/aromatic N) is 5. The molecule has 188 valence electrons. The Morgan fingerprint density at radius 3 is 2.51 bits per heavy atom. The summed E-state index contributed by atoms with van der Waals surface area (Å²) in [5.74, 6) is -0.243. The van der Waals surface area contributed by atoms with Crippen molar-refractivity contribution in [1.82, 2.24) is 29.3 Å². The molecule has 10 heteroatoms. The quantitative estimate of drug-likeness (QED) is 0.378. The molecule has 0 saturated carbocycles. The maximum atomic E-state index is 13.0. The van der Waals surface area contributed by atoms with Crippen molar-refractivity contribution in [2.24, 2.45) is 0 Å². The average molecular weight is 514 g/mol. The van der Waals surface area contributed by atoms with Gasteiger partial charge in [-0.05, 0) is 30.4 Å². The van der Waals surface area contributed by atoms with Gasteiger partial charge in [-0.15, -0.1) is 0 Å². The molecule has 3 heterocycles. The molecule has 37 heavy (non-hydrogen) atoms. The maximum absolute atomic E-state index is 13.0. The molecule has 1 aliphatic heterocycles. The summed E-state index contributed by atoms with van der Waals surface area (Å²) in [6.07, 6.45) is 3.38. The van der Waals surface area contributed by atoms with Gasteiger partial charge in [0.05, 0.1) is 28.6 Å². The molecule has 2 N–H and O–H groups in total. The fraction of sp³-hybridized carbons (Fsp3) is 0.222. The van der Waals surface area contributed by atoms with Crippen LogP contribution in [0.5, 0.6) is 0 Å². The van der Waals surface area contributed by atoms with Crippen molar-refractivity contribution in [2.45, 2.75) is 6.92 Å². The van der Waals surface area contributed by atoms with Crippen LogP contribution in [0.25, 0.3) is 28.0 Å². The van der Waals surface area contributed by atoms with E-state index in [0.717, 1.165) is 35.6 Å². The zero-order chi connectivity index (χ0) is 25.9. The van der Waals surface area contributed by atoms with E-state index in [4.69, 9.17) is 12.2 Å². The summed E-state index contributed by atoms with van der Waals surface area (Å²) in [5, 5.41) is 2.96. The number of rotatable bonds is 6. The number of amides is 2. The fourth-order valence-electron chi connectivity index (χ4n) is 4.40. The molecule has 2 amide bonds. The Hall–Kier alpha value is -4.15. The topological polar surface area (TPSA) is 99.2 Å². The smallest absolute Gasteiger partial charge is 0.275 e. The number of carbonyl (C=O) groups excluding carboxylic acids is 2. The highest BCUT2D eigenvalue weighted by atomic mass is 32.1. The lowest BCUT2D eigenvalue weighted by molar-refractivity contribution is -0.130. The molecule has 9 nitrogen and oxygen atoms in total. The molecule has 0 spiro atoms. The average Bonchev–Trinajstić information content (AvgIpc) is 3.30. The molecule has 5 rings (SSSR count). The van der Waals surface area contributed by atoms with Gasteiger partial charge >= 0.3 is 0 Å². The highest BCUT2D eigenvalue weighted by Gasteiger charge is 2.20. The normalized spacial score (nSPS) is 14.0. The van der Waals surface area contributed by atoms with Gasteiger partial charge in [0.2, 0.25) is 5.91 Å². The third-order valence-electron chi connectivity index (χ3n) is 6.43. The molecule has 0 unspecified atom stereocenters. The highest BCUT2D eigenvalue weighted by Crippen LogP contribution is 2.28. The maximum Gasteiger partial charge on any atom is 0.275 e. The summed E-state index contributed by atoms with van der Waals surface area (Å²) in [6, 6.07) is 14.9. The minimum Gasteiger partial charge on any atom is -0.340 e. The molecule has 2 aromatic heterocycles. The minimum absolute atomic E-state index is 0.106. The van der Waals surface area contributed by atoms with Crippen LogP contribution < -0.4 is 5.32 Å². The second kappa shape index (κ2) is 10.5. The number of hydrogen-bond acceptors (Lipinski definition) is 6. The Bertz CT molecular complexity index is 1550. The Morgan fingerprint density at radius 2 is 1.76 bits per heavy atom. The van der Waals surface area contributed by atoms with Crippen molar-refractivity contribution in [2.75, 3.05) is 38.0 Å². The molecule has 0 aliphatic carbocycles. The van der Waals surface area contributed by atoms with Crippen LogP contribution in [-0.2, 0) is 4.79 Å². The summed E-state index contributed by atoms with van der Waals surface area (Å²) >= 11 is 5.59. The van der Waals surface area contributed by atoms with Crippen molar-refractivity contribution in [3.8, 4) is 11.3 Å². The predicted molar refractivity (Wildman–Crippen MR) is 147 cm³/mol. The molecule has 2 aromatic carbocycles. The molecule has 4 aromatic rings. The molecule has 1 fully saturated rings. The number of aromatic nitrogens is 4. The van der Waals surface area contributed by atoms with Crippen molar-refractivity contribution in [3.63, 3.8) is 0 Å². The van der Waals surface area contributed by atoms with Gasteiger partial charge in [-0.25, -0.2) is 4.98 Å². The summed E-state index contributed by atoms with van der Waals surface area (Å²) in [5.41, 5.74) is 4.62. The molecular weight excluding hydrogens is 486 g/mol. The van der Waals surface area contributed by atoms with Crippen molar-refractivity contribution >= 4 is 46.5 Å². The Labute approximate surface area is 219 Å². The van der Waals surface area contributed by atoms with Gasteiger partial charge in [-0.3, -0.25) is 24.0 Å². The Kier molecular flexibility index (Phi) is 6.93. The number of aromatic amines is 1. The van der Waals surface area contributed by atoms with Crippen molar-refractivity contribution < 1.29 is 9.59 Å². The van der Waals surface area contributed by atoms with Crippen LogP contribution in [0.2, 0.25) is 0 Å². The monoisotopic (exact) mass is 513 g/mol. The first-order chi connectivity index (χ1) is 17.9. The number of fused-ring (bicyclic) bond motifs is 1. The first-order valence-corrected chi connectivity index (χ1v) is 12.4. The Morgan fingerprint density at radius 1 is 1.05 bits per heavy atom. The van der Waals surface area contributed by atoms with E-state index in [2.05, 4.69) is 31.7 Å². The lowest BCUT2D eigenvalue weighted by Gasteiger charge is -2.34. The number of benzene rings is 2. The zero-order valence-electron chi connectivity index (χ0n) is 20.5. The van der Waals surface area contributed by atoms with E-state index in [1.165, 1.54) is 6.20 Å². The number of hydrogen-bond donors (Lipinski definition) is 2. The first kappa shape index (κ1) is 24.5. The van der Waals surface area contributed by atoms with Crippen LogP contribution in [0.4, 0.5) is 5.69 Å². The summed E-state index contributed by atoms with van der Waals surface area (Å²) in [6.45, 7) is 9.48. The zero-order valence-corrected chi connectivity index (χ0v) is 21.3. The summed E-state index contributed by atoms with van der Waals surface area (Å²) < 4.78 is 2.37. The predicted octanol–water partition coefficient (Wildman–Crippen LogP) is 4.04. The minimum atomic E-state index is -0.349. The number of para-hydroxylation sites is 3. The molecule has 0 radical (unpaired) electrons. The molecular formula is C27H27N7O2S. The van der Waals surface area contributed by atoms with Crippen LogP contribution in [0, 0.1) is 4.77 Å². The van der Waals surface area contributed by atoms with E-state index in [1.54, 1.807) is 6.92 Å². The summed E-state index contributed by atoms with van der Waals surface area (Å²) in [4.78, 5) is 40.8. The van der Waals surface area contributed by atoms with E-state index in [-0.39, 0.29) is 17.5 Å². The molecule has 1 aliphatic rings. The van der Waals surface area contributed by atoms with Crippen molar-refractivity contribution in [1.29, 1.82) is 0 Å². The number of piperazine rings is 1. The van der Waals surface area contributed by atoms with Crippen molar-refractivity contribution in [3.05, 3.63) is 78.0 Å². The second-order valence-electron chi connectivity index (χ2n) is 8.94. The second-order valence-corrected chi connectivity index (χ2v) is 9.32. The molecule has 0 atom stereocenters. The van der Waals surface area contributed by atoms with E-state index in [0.29, 0.717) is 35.6 Å². The Balaban J connectivity index is 1.33. The molecule has 0 bridgehead atoms. The van der Waals surface area contributed by atoms with Gasteiger partial charge in [0.1, 0.15) is 5.69 Å². The number of imidazole rings is 1.